The summed E-state index contributed by atoms with van der Waals surface area (Å²) < 4.78 is 4.90. The normalized spacial score (nSPS) is 11.9. The highest BCUT2D eigenvalue weighted by molar-refractivity contribution is 5.23. The van der Waals surface area contributed by atoms with Crippen molar-refractivity contribution in [2.75, 3.05) is 0 Å². The first-order valence-electron chi connectivity index (χ1n) is 5.14. The van der Waals surface area contributed by atoms with Crippen molar-refractivity contribution in [1.82, 2.24) is 10.2 Å². The van der Waals surface area contributed by atoms with Crippen molar-refractivity contribution < 1.29 is 4.52 Å². The first kappa shape index (κ1) is 11.7. The van der Waals surface area contributed by atoms with Gasteiger partial charge >= 0.3 is 0 Å². The first-order valence-corrected chi connectivity index (χ1v) is 5.14. The highest BCUT2D eigenvalue weighted by atomic mass is 16.5. The minimum Gasteiger partial charge on any atom is -0.359 e. The van der Waals surface area contributed by atoms with Gasteiger partial charge in [0.25, 0.3) is 0 Å². The number of aromatic nitrogens is 1. The topological polar surface area (TPSA) is 54.0 Å². The molecule has 0 atom stereocenters. The molecule has 0 amide bonds. The lowest BCUT2D eigenvalue weighted by molar-refractivity contribution is 0.169. The van der Waals surface area contributed by atoms with Gasteiger partial charge in [-0.05, 0) is 34.6 Å². The maximum absolute atomic E-state index is 4.90. The number of aryl methyl sites for hydroxylation is 1. The third-order valence-electron chi connectivity index (χ3n) is 1.92. The summed E-state index contributed by atoms with van der Waals surface area (Å²) in [5, 5.41) is 13.8. The molecule has 84 valence electrons. The van der Waals surface area contributed by atoms with Gasteiger partial charge in [-0.25, -0.2) is 0 Å². The SMILES string of the molecule is Cc1cc(N=NN(C(C)C)C(C)C)no1. The molecule has 0 fully saturated rings. The van der Waals surface area contributed by atoms with Crippen molar-refractivity contribution in [1.29, 1.82) is 0 Å². The maximum atomic E-state index is 4.90. The third kappa shape index (κ3) is 3.34. The lowest BCUT2D eigenvalue weighted by Crippen LogP contribution is -2.31. The Hall–Kier alpha value is -1.39. The molecule has 0 bridgehead atoms. The van der Waals surface area contributed by atoms with Gasteiger partial charge in [-0.2, -0.15) is 0 Å². The molecule has 0 N–H and O–H groups in total. The van der Waals surface area contributed by atoms with Crippen LogP contribution in [0.2, 0.25) is 0 Å². The standard InChI is InChI=1S/C10H18N4O/c1-7(2)14(8(3)4)13-11-10-6-9(5)15-12-10/h6-8H,1-5H3. The van der Waals surface area contributed by atoms with E-state index in [0.29, 0.717) is 17.9 Å². The zero-order valence-corrected chi connectivity index (χ0v) is 9.93. The number of hydrogen-bond donors (Lipinski definition) is 0. The fourth-order valence-corrected chi connectivity index (χ4v) is 1.30. The molecule has 1 heterocycles. The van der Waals surface area contributed by atoms with Crippen molar-refractivity contribution in [2.24, 2.45) is 10.3 Å². The van der Waals surface area contributed by atoms with Gasteiger partial charge in [0.2, 0.25) is 5.82 Å². The fourth-order valence-electron chi connectivity index (χ4n) is 1.30. The Balaban J connectivity index is 2.69. The molecular formula is C10H18N4O. The van der Waals surface area contributed by atoms with E-state index in [0.717, 1.165) is 5.76 Å². The highest BCUT2D eigenvalue weighted by Crippen LogP contribution is 2.14. The quantitative estimate of drug-likeness (QED) is 0.566. The molecule has 0 aliphatic heterocycles. The Labute approximate surface area is 90.1 Å². The molecule has 0 aliphatic carbocycles. The van der Waals surface area contributed by atoms with Crippen LogP contribution in [0.4, 0.5) is 5.82 Å². The Morgan fingerprint density at radius 3 is 2.27 bits per heavy atom. The number of hydrogen-bond acceptors (Lipinski definition) is 4. The summed E-state index contributed by atoms with van der Waals surface area (Å²) in [6, 6.07) is 2.39. The van der Waals surface area contributed by atoms with Crippen LogP contribution in [-0.4, -0.2) is 22.2 Å². The van der Waals surface area contributed by atoms with E-state index in [1.165, 1.54) is 0 Å². The minimum atomic E-state index is 0.321. The molecule has 0 spiro atoms. The van der Waals surface area contributed by atoms with Gasteiger partial charge < -0.3 is 4.52 Å². The zero-order valence-electron chi connectivity index (χ0n) is 9.93. The van der Waals surface area contributed by atoms with Crippen LogP contribution in [0.25, 0.3) is 0 Å². The average Bonchev–Trinajstić information content (AvgIpc) is 2.50. The van der Waals surface area contributed by atoms with Crippen molar-refractivity contribution in [3.63, 3.8) is 0 Å². The fraction of sp³-hybridized carbons (Fsp3) is 0.700. The van der Waals surface area contributed by atoms with Crippen molar-refractivity contribution >= 4 is 5.82 Å². The van der Waals surface area contributed by atoms with E-state index < -0.39 is 0 Å². The second-order valence-corrected chi connectivity index (χ2v) is 4.05. The predicted molar refractivity (Wildman–Crippen MR) is 57.9 cm³/mol. The molecule has 1 aromatic heterocycles. The molecule has 0 saturated carbocycles. The van der Waals surface area contributed by atoms with E-state index in [1.807, 2.05) is 11.9 Å². The summed E-state index contributed by atoms with van der Waals surface area (Å²) in [4.78, 5) is 0. The van der Waals surface area contributed by atoms with Gasteiger partial charge in [-0.15, -0.1) is 5.11 Å². The van der Waals surface area contributed by atoms with Crippen LogP contribution in [0.15, 0.2) is 20.9 Å². The van der Waals surface area contributed by atoms with Crippen LogP contribution in [0.3, 0.4) is 0 Å². The van der Waals surface area contributed by atoms with E-state index in [9.17, 15) is 0 Å². The van der Waals surface area contributed by atoms with Crippen LogP contribution >= 0.6 is 0 Å². The van der Waals surface area contributed by atoms with Crippen LogP contribution < -0.4 is 0 Å². The largest absolute Gasteiger partial charge is 0.359 e. The molecule has 0 aliphatic rings. The Bertz CT molecular complexity index is 322. The lowest BCUT2D eigenvalue weighted by Gasteiger charge is -2.25. The molecule has 15 heavy (non-hydrogen) atoms. The summed E-state index contributed by atoms with van der Waals surface area (Å²) in [7, 11) is 0. The van der Waals surface area contributed by atoms with Crippen LogP contribution in [0.1, 0.15) is 33.5 Å². The molecule has 0 radical (unpaired) electrons. The Morgan fingerprint density at radius 1 is 1.27 bits per heavy atom. The second-order valence-electron chi connectivity index (χ2n) is 4.05. The van der Waals surface area contributed by atoms with E-state index in [1.54, 1.807) is 6.07 Å². The molecule has 5 heteroatoms. The van der Waals surface area contributed by atoms with E-state index >= 15 is 0 Å². The molecule has 0 aromatic carbocycles. The summed E-state index contributed by atoms with van der Waals surface area (Å²) in [5.74, 6) is 1.25. The number of nitrogens with zero attached hydrogens (tertiary/aromatic N) is 4. The molecule has 5 nitrogen and oxygen atoms in total. The molecule has 1 aromatic rings. The first-order chi connectivity index (χ1) is 7.00. The Morgan fingerprint density at radius 2 is 1.87 bits per heavy atom. The maximum Gasteiger partial charge on any atom is 0.218 e. The monoisotopic (exact) mass is 210 g/mol. The van der Waals surface area contributed by atoms with Gasteiger partial charge in [-0.1, -0.05) is 10.4 Å². The molecule has 1 rings (SSSR count). The predicted octanol–water partition coefficient (Wildman–Crippen LogP) is 3.10. The molecular weight excluding hydrogens is 192 g/mol. The van der Waals surface area contributed by atoms with Crippen LogP contribution in [0, 0.1) is 6.92 Å². The zero-order chi connectivity index (χ0) is 11.4. The van der Waals surface area contributed by atoms with Crippen molar-refractivity contribution in [3.8, 4) is 0 Å². The van der Waals surface area contributed by atoms with Crippen molar-refractivity contribution in [2.45, 2.75) is 46.7 Å². The van der Waals surface area contributed by atoms with Gasteiger partial charge in [0.15, 0.2) is 0 Å². The van der Waals surface area contributed by atoms with E-state index in [-0.39, 0.29) is 0 Å². The van der Waals surface area contributed by atoms with Crippen LogP contribution in [-0.2, 0) is 0 Å². The lowest BCUT2D eigenvalue weighted by atomic mass is 10.3. The summed E-state index contributed by atoms with van der Waals surface area (Å²) in [6.07, 6.45) is 0. The van der Waals surface area contributed by atoms with Crippen LogP contribution in [0.5, 0.6) is 0 Å². The van der Waals surface area contributed by atoms with Gasteiger partial charge in [0, 0.05) is 18.2 Å². The summed E-state index contributed by atoms with van der Waals surface area (Å²) in [5.41, 5.74) is 0. The van der Waals surface area contributed by atoms with Gasteiger partial charge in [0.1, 0.15) is 5.76 Å². The molecule has 0 unspecified atom stereocenters. The van der Waals surface area contributed by atoms with Gasteiger partial charge in [-0.3, -0.25) is 5.01 Å². The van der Waals surface area contributed by atoms with E-state index in [2.05, 4.69) is 43.2 Å². The van der Waals surface area contributed by atoms with E-state index in [4.69, 9.17) is 4.52 Å². The summed E-state index contributed by atoms with van der Waals surface area (Å²) in [6.45, 7) is 10.1. The minimum absolute atomic E-state index is 0.321. The number of rotatable bonds is 4. The van der Waals surface area contributed by atoms with Gasteiger partial charge in [0.05, 0.1) is 0 Å². The molecule has 0 saturated heterocycles. The smallest absolute Gasteiger partial charge is 0.218 e. The highest BCUT2D eigenvalue weighted by Gasteiger charge is 2.10. The Kier molecular flexibility index (Phi) is 3.82. The average molecular weight is 210 g/mol. The second kappa shape index (κ2) is 4.91. The third-order valence-corrected chi connectivity index (χ3v) is 1.92. The summed E-state index contributed by atoms with van der Waals surface area (Å²) >= 11 is 0. The van der Waals surface area contributed by atoms with Crippen molar-refractivity contribution in [3.05, 3.63) is 11.8 Å².